The third kappa shape index (κ3) is 5.51. The van der Waals surface area contributed by atoms with Crippen LogP contribution in [0.2, 0.25) is 0 Å². The summed E-state index contributed by atoms with van der Waals surface area (Å²) in [6, 6.07) is 10.2. The van der Waals surface area contributed by atoms with Crippen molar-refractivity contribution in [1.82, 2.24) is 15.0 Å². The number of fused-ring (bicyclic) bond motifs is 1. The smallest absolute Gasteiger partial charge is 0.416 e. The molecule has 3 aromatic rings. The van der Waals surface area contributed by atoms with Gasteiger partial charge in [-0.3, -0.25) is 0 Å². The summed E-state index contributed by atoms with van der Waals surface area (Å²) in [4.78, 5) is 14.9. The Hall–Kier alpha value is -4.13. The van der Waals surface area contributed by atoms with Crippen molar-refractivity contribution in [2.24, 2.45) is 5.10 Å². The molecular weight excluding hydrogens is 467 g/mol. The quantitative estimate of drug-likeness (QED) is 0.398. The zero-order valence-electron chi connectivity index (χ0n) is 18.2. The monoisotopic (exact) mass is 487 g/mol. The predicted octanol–water partition coefficient (Wildman–Crippen LogP) is 3.65. The van der Waals surface area contributed by atoms with E-state index >= 15 is 0 Å². The van der Waals surface area contributed by atoms with Crippen LogP contribution in [0.1, 0.15) is 11.1 Å². The molecule has 0 saturated carbocycles. The number of alkyl halides is 3. The molecular formula is C22H20F3N7O3. The summed E-state index contributed by atoms with van der Waals surface area (Å²) in [6.45, 7) is 2.31. The van der Waals surface area contributed by atoms with Crippen LogP contribution < -0.4 is 25.1 Å². The number of halogens is 3. The standard InChI is InChI=1S/C22H20F3N7O3/c23-22(24,25)15-2-1-3-16(11-15)27-19-28-20(30-21(29-19)32-6-8-33-9-7-32)31-26-12-14-4-5-17-18(10-14)35-13-34-17/h1-5,10-12H,6-9,13H2,(H2,27,28,29,30,31)/b26-12-. The first-order chi connectivity index (χ1) is 16.9. The van der Waals surface area contributed by atoms with Gasteiger partial charge in [0.15, 0.2) is 11.5 Å². The number of benzene rings is 2. The van der Waals surface area contributed by atoms with Crippen LogP contribution in [0, 0.1) is 0 Å². The van der Waals surface area contributed by atoms with E-state index in [1.165, 1.54) is 12.1 Å². The summed E-state index contributed by atoms with van der Waals surface area (Å²) in [5.74, 6) is 1.82. The molecule has 10 nitrogen and oxygen atoms in total. The summed E-state index contributed by atoms with van der Waals surface area (Å²) in [7, 11) is 0. The summed E-state index contributed by atoms with van der Waals surface area (Å²) >= 11 is 0. The number of hydrogen-bond donors (Lipinski definition) is 2. The maximum atomic E-state index is 13.1. The first-order valence-electron chi connectivity index (χ1n) is 10.7. The Kier molecular flexibility index (Phi) is 6.23. The second-order valence-corrected chi connectivity index (χ2v) is 7.57. The summed E-state index contributed by atoms with van der Waals surface area (Å²) < 4.78 is 55.3. The van der Waals surface area contributed by atoms with Crippen molar-refractivity contribution < 1.29 is 27.4 Å². The van der Waals surface area contributed by atoms with Crippen LogP contribution in [0.25, 0.3) is 0 Å². The van der Waals surface area contributed by atoms with E-state index in [0.717, 1.165) is 17.7 Å². The van der Waals surface area contributed by atoms with E-state index in [1.54, 1.807) is 18.3 Å². The number of ether oxygens (including phenoxy) is 3. The van der Waals surface area contributed by atoms with Gasteiger partial charge >= 0.3 is 6.18 Å². The van der Waals surface area contributed by atoms with Gasteiger partial charge < -0.3 is 24.4 Å². The highest BCUT2D eigenvalue weighted by molar-refractivity contribution is 5.81. The fourth-order valence-electron chi connectivity index (χ4n) is 3.44. The van der Waals surface area contributed by atoms with E-state index in [0.29, 0.717) is 43.8 Å². The minimum absolute atomic E-state index is 0.0709. The van der Waals surface area contributed by atoms with Crippen molar-refractivity contribution in [2.75, 3.05) is 48.7 Å². The fraction of sp³-hybridized carbons (Fsp3) is 0.273. The Balaban J connectivity index is 1.38. The van der Waals surface area contributed by atoms with Crippen LogP contribution in [0.3, 0.4) is 0 Å². The Morgan fingerprint density at radius 1 is 0.943 bits per heavy atom. The predicted molar refractivity (Wildman–Crippen MR) is 121 cm³/mol. The molecule has 2 aliphatic heterocycles. The second kappa shape index (κ2) is 9.62. The molecule has 0 atom stereocenters. The number of nitrogens with zero attached hydrogens (tertiary/aromatic N) is 5. The molecule has 0 bridgehead atoms. The van der Waals surface area contributed by atoms with Gasteiger partial charge in [0.1, 0.15) is 0 Å². The highest BCUT2D eigenvalue weighted by Gasteiger charge is 2.30. The van der Waals surface area contributed by atoms with Crippen molar-refractivity contribution in [3.05, 3.63) is 53.6 Å². The van der Waals surface area contributed by atoms with Gasteiger partial charge in [0, 0.05) is 18.8 Å². The number of morpholine rings is 1. The number of nitrogens with one attached hydrogen (secondary N) is 2. The van der Waals surface area contributed by atoms with Crippen LogP contribution in [-0.4, -0.2) is 54.3 Å². The summed E-state index contributed by atoms with van der Waals surface area (Å²) in [6.07, 6.45) is -2.91. The lowest BCUT2D eigenvalue weighted by Crippen LogP contribution is -2.37. The second-order valence-electron chi connectivity index (χ2n) is 7.57. The van der Waals surface area contributed by atoms with Gasteiger partial charge in [-0.25, -0.2) is 5.43 Å². The van der Waals surface area contributed by atoms with Gasteiger partial charge in [-0.15, -0.1) is 0 Å². The van der Waals surface area contributed by atoms with Crippen molar-refractivity contribution in [2.45, 2.75) is 6.18 Å². The van der Waals surface area contributed by atoms with Gasteiger partial charge in [0.05, 0.1) is 25.0 Å². The molecule has 0 amide bonds. The molecule has 0 aliphatic carbocycles. The molecule has 182 valence electrons. The van der Waals surface area contributed by atoms with Crippen molar-refractivity contribution in [3.63, 3.8) is 0 Å². The highest BCUT2D eigenvalue weighted by Crippen LogP contribution is 2.32. The average Bonchev–Trinajstić information content (AvgIpc) is 3.32. The molecule has 3 heterocycles. The van der Waals surface area contributed by atoms with E-state index in [1.807, 2.05) is 11.0 Å². The normalized spacial score (nSPS) is 15.5. The van der Waals surface area contributed by atoms with Crippen LogP contribution >= 0.6 is 0 Å². The van der Waals surface area contributed by atoms with Crippen LogP contribution in [0.5, 0.6) is 11.5 Å². The summed E-state index contributed by atoms with van der Waals surface area (Å²) in [5.41, 5.74) is 2.92. The number of hydrazone groups is 1. The molecule has 0 spiro atoms. The van der Waals surface area contributed by atoms with E-state index in [9.17, 15) is 13.2 Å². The molecule has 5 rings (SSSR count). The average molecular weight is 487 g/mol. The zero-order chi connectivity index (χ0) is 24.3. The maximum absolute atomic E-state index is 13.1. The maximum Gasteiger partial charge on any atom is 0.416 e. The molecule has 2 aromatic carbocycles. The molecule has 35 heavy (non-hydrogen) atoms. The Bertz CT molecular complexity index is 1230. The van der Waals surface area contributed by atoms with Gasteiger partial charge in [-0.05, 0) is 42.0 Å². The number of hydrogen-bond acceptors (Lipinski definition) is 10. The number of anilines is 4. The highest BCUT2D eigenvalue weighted by atomic mass is 19.4. The van der Waals surface area contributed by atoms with Gasteiger partial charge in [0.2, 0.25) is 24.6 Å². The molecule has 13 heteroatoms. The zero-order valence-corrected chi connectivity index (χ0v) is 18.2. The molecule has 0 unspecified atom stereocenters. The van der Waals surface area contributed by atoms with Gasteiger partial charge in [0.25, 0.3) is 0 Å². The number of rotatable bonds is 6. The third-order valence-corrected chi connectivity index (χ3v) is 5.14. The minimum Gasteiger partial charge on any atom is -0.454 e. The van der Waals surface area contributed by atoms with E-state index in [4.69, 9.17) is 14.2 Å². The molecule has 1 saturated heterocycles. The van der Waals surface area contributed by atoms with Gasteiger partial charge in [-0.2, -0.15) is 33.2 Å². The largest absolute Gasteiger partial charge is 0.454 e. The first-order valence-corrected chi connectivity index (χ1v) is 10.7. The van der Waals surface area contributed by atoms with Crippen LogP contribution in [0.4, 0.5) is 36.7 Å². The third-order valence-electron chi connectivity index (χ3n) is 5.14. The lowest BCUT2D eigenvalue weighted by molar-refractivity contribution is -0.137. The van der Waals surface area contributed by atoms with Crippen LogP contribution in [0.15, 0.2) is 47.6 Å². The molecule has 0 radical (unpaired) electrons. The lowest BCUT2D eigenvalue weighted by Gasteiger charge is -2.27. The van der Waals surface area contributed by atoms with Crippen molar-refractivity contribution in [3.8, 4) is 11.5 Å². The lowest BCUT2D eigenvalue weighted by atomic mass is 10.2. The molecule has 2 aliphatic rings. The first kappa shape index (κ1) is 22.7. The Morgan fingerprint density at radius 2 is 1.74 bits per heavy atom. The van der Waals surface area contributed by atoms with Crippen molar-refractivity contribution >= 4 is 29.7 Å². The summed E-state index contributed by atoms with van der Waals surface area (Å²) in [5, 5.41) is 7.00. The van der Waals surface area contributed by atoms with E-state index in [2.05, 4.69) is 30.8 Å². The van der Waals surface area contributed by atoms with Gasteiger partial charge in [-0.1, -0.05) is 6.07 Å². The van der Waals surface area contributed by atoms with Crippen LogP contribution in [-0.2, 0) is 10.9 Å². The topological polar surface area (TPSA) is 106 Å². The minimum atomic E-state index is -4.47. The SMILES string of the molecule is FC(F)(F)c1cccc(Nc2nc(N/N=C\c3ccc4c(c3)OCO4)nc(N3CCOCC3)n2)c1. The van der Waals surface area contributed by atoms with E-state index < -0.39 is 11.7 Å². The molecule has 1 fully saturated rings. The Labute approximate surface area is 197 Å². The Morgan fingerprint density at radius 3 is 2.57 bits per heavy atom. The number of aromatic nitrogens is 3. The fourth-order valence-corrected chi connectivity index (χ4v) is 3.44. The van der Waals surface area contributed by atoms with E-state index in [-0.39, 0.29) is 24.4 Å². The molecule has 1 aromatic heterocycles. The van der Waals surface area contributed by atoms with Crippen molar-refractivity contribution in [1.29, 1.82) is 0 Å². The molecule has 2 N–H and O–H groups in total.